The second kappa shape index (κ2) is 7.98. The first-order valence-electron chi connectivity index (χ1n) is 16.1. The van der Waals surface area contributed by atoms with E-state index in [0.717, 1.165) is 0 Å². The molecule has 0 N–H and O–H groups in total. The van der Waals surface area contributed by atoms with Gasteiger partial charge in [0.1, 0.15) is 0 Å². The Balaban J connectivity index is 1.30. The highest BCUT2D eigenvalue weighted by atomic mass is 15.0. The molecule has 0 saturated heterocycles. The molecule has 0 saturated carbocycles. The van der Waals surface area contributed by atoms with Crippen molar-refractivity contribution in [2.75, 3.05) is 0 Å². The number of para-hydroxylation sites is 5. The fourth-order valence-corrected chi connectivity index (χ4v) is 9.19. The molecule has 0 fully saturated rings. The Morgan fingerprint density at radius 1 is 0.326 bits per heavy atom. The van der Waals surface area contributed by atoms with Crippen LogP contribution < -0.4 is 16.4 Å². The van der Waals surface area contributed by atoms with Crippen LogP contribution >= 0.6 is 0 Å². The molecule has 7 aromatic carbocycles. The number of hydrogen-bond acceptors (Lipinski definition) is 0. The van der Waals surface area contributed by atoms with Gasteiger partial charge in [0.2, 0.25) is 0 Å². The maximum Gasteiger partial charge on any atom is 0.252 e. The van der Waals surface area contributed by atoms with Crippen molar-refractivity contribution in [2.45, 2.75) is 0 Å². The van der Waals surface area contributed by atoms with Gasteiger partial charge < -0.3 is 13.7 Å². The molecule has 0 spiro atoms. The van der Waals surface area contributed by atoms with Crippen molar-refractivity contribution in [1.82, 2.24) is 13.7 Å². The van der Waals surface area contributed by atoms with E-state index in [2.05, 4.69) is 159 Å². The van der Waals surface area contributed by atoms with Crippen molar-refractivity contribution in [3.8, 4) is 17.1 Å². The summed E-state index contributed by atoms with van der Waals surface area (Å²) in [7, 11) is 0. The van der Waals surface area contributed by atoms with Gasteiger partial charge >= 0.3 is 0 Å². The Morgan fingerprint density at radius 2 is 0.870 bits per heavy atom. The first-order valence-corrected chi connectivity index (χ1v) is 16.1. The van der Waals surface area contributed by atoms with Crippen LogP contribution in [0.1, 0.15) is 0 Å². The van der Waals surface area contributed by atoms with Gasteiger partial charge in [-0.25, -0.2) is 0 Å². The summed E-state index contributed by atoms with van der Waals surface area (Å²) in [6, 6.07) is 54.2. The van der Waals surface area contributed by atoms with Crippen molar-refractivity contribution >= 4 is 88.5 Å². The molecule has 2 aliphatic heterocycles. The number of benzene rings is 7. The Labute approximate surface area is 264 Å². The van der Waals surface area contributed by atoms with Crippen molar-refractivity contribution in [1.29, 1.82) is 0 Å². The predicted octanol–water partition coefficient (Wildman–Crippen LogP) is 8.12. The molecule has 46 heavy (non-hydrogen) atoms. The average molecular weight is 581 g/mol. The van der Waals surface area contributed by atoms with Crippen LogP contribution in [0.15, 0.2) is 146 Å². The minimum atomic E-state index is 0.156. The summed E-state index contributed by atoms with van der Waals surface area (Å²) in [4.78, 5) is 0. The molecule has 5 heterocycles. The third-order valence-electron chi connectivity index (χ3n) is 10.8. The molecule has 10 aromatic rings. The van der Waals surface area contributed by atoms with Crippen molar-refractivity contribution < 1.29 is 0 Å². The van der Waals surface area contributed by atoms with E-state index in [0.29, 0.717) is 0 Å². The average Bonchev–Trinajstić information content (AvgIpc) is 3.76. The molecular formula is C42H24BN3. The highest BCUT2D eigenvalue weighted by molar-refractivity contribution is 7.00. The zero-order valence-corrected chi connectivity index (χ0v) is 24.8. The number of hydrogen-bond donors (Lipinski definition) is 0. The van der Waals surface area contributed by atoms with Crippen LogP contribution in [-0.4, -0.2) is 20.4 Å². The van der Waals surface area contributed by atoms with E-state index < -0.39 is 0 Å². The molecule has 0 bridgehead atoms. The van der Waals surface area contributed by atoms with Gasteiger partial charge in [-0.1, -0.05) is 103 Å². The summed E-state index contributed by atoms with van der Waals surface area (Å²) in [5.74, 6) is 0. The molecule has 0 radical (unpaired) electrons. The summed E-state index contributed by atoms with van der Waals surface area (Å²) >= 11 is 0. The smallest absolute Gasteiger partial charge is 0.252 e. The normalized spacial score (nSPS) is 13.2. The van der Waals surface area contributed by atoms with Gasteiger partial charge in [0, 0.05) is 49.2 Å². The topological polar surface area (TPSA) is 14.8 Å². The molecule has 0 aliphatic carbocycles. The number of fused-ring (bicyclic) bond motifs is 14. The molecule has 12 rings (SSSR count). The maximum absolute atomic E-state index is 2.57. The lowest BCUT2D eigenvalue weighted by Gasteiger charge is -2.33. The van der Waals surface area contributed by atoms with Gasteiger partial charge in [-0.2, -0.15) is 0 Å². The summed E-state index contributed by atoms with van der Waals surface area (Å²) in [6.07, 6.45) is 0. The molecule has 0 amide bonds. The molecular weight excluding hydrogens is 557 g/mol. The fourth-order valence-electron chi connectivity index (χ4n) is 9.19. The first kappa shape index (κ1) is 23.4. The fraction of sp³-hybridized carbons (Fsp3) is 0. The summed E-state index contributed by atoms with van der Waals surface area (Å²) < 4.78 is 7.57. The molecule has 2 aliphatic rings. The van der Waals surface area contributed by atoms with Crippen LogP contribution in [0, 0.1) is 0 Å². The zero-order chi connectivity index (χ0) is 29.7. The Hall–Kier alpha value is -6.00. The van der Waals surface area contributed by atoms with Gasteiger partial charge in [-0.05, 0) is 58.9 Å². The molecule has 210 valence electrons. The first-order chi connectivity index (χ1) is 22.9. The van der Waals surface area contributed by atoms with Crippen molar-refractivity contribution in [3.05, 3.63) is 146 Å². The SMILES string of the molecule is c1ccc2c(c1)B1c3c(ccc4c5ccccc5n-2c34)-n2c3cccc(-n4c5ccccc5c5ccccc54)c3c3cccc1c32. The van der Waals surface area contributed by atoms with Crippen LogP contribution in [0.5, 0.6) is 0 Å². The second-order valence-corrected chi connectivity index (χ2v) is 12.9. The monoisotopic (exact) mass is 581 g/mol. The highest BCUT2D eigenvalue weighted by Crippen LogP contribution is 2.42. The van der Waals surface area contributed by atoms with Gasteiger partial charge in [0.05, 0.1) is 33.3 Å². The minimum absolute atomic E-state index is 0.156. The third kappa shape index (κ3) is 2.54. The van der Waals surface area contributed by atoms with E-state index in [1.165, 1.54) is 98.9 Å². The summed E-state index contributed by atoms with van der Waals surface area (Å²) in [5.41, 5.74) is 15.6. The predicted molar refractivity (Wildman–Crippen MR) is 194 cm³/mol. The van der Waals surface area contributed by atoms with E-state index in [4.69, 9.17) is 0 Å². The summed E-state index contributed by atoms with van der Waals surface area (Å²) in [6.45, 7) is 0.156. The molecule has 3 nitrogen and oxygen atoms in total. The van der Waals surface area contributed by atoms with E-state index in [-0.39, 0.29) is 6.71 Å². The number of aromatic nitrogens is 3. The molecule has 4 heteroatoms. The van der Waals surface area contributed by atoms with E-state index in [1.54, 1.807) is 0 Å². The Kier molecular flexibility index (Phi) is 4.06. The molecule has 0 atom stereocenters. The highest BCUT2D eigenvalue weighted by Gasteiger charge is 2.40. The molecule has 3 aromatic heterocycles. The van der Waals surface area contributed by atoms with Crippen LogP contribution in [0.25, 0.3) is 82.5 Å². The van der Waals surface area contributed by atoms with Crippen LogP contribution in [0.2, 0.25) is 0 Å². The standard InChI is InChI=1S/C42H24BN3/c1-5-17-32-25(11-1)26-12-2-6-18-33(26)44(32)36-21-10-22-37-39(36)29-14-9-16-31-41(29)46(37)38-24-23-28-27-13-3-7-19-34(27)45-35-20-8-4-15-30(35)43(31)40(38)42(28)45/h1-24H. The van der Waals surface area contributed by atoms with Gasteiger partial charge in [0.15, 0.2) is 0 Å². The van der Waals surface area contributed by atoms with Crippen LogP contribution in [0.4, 0.5) is 0 Å². The Morgan fingerprint density at radius 3 is 1.65 bits per heavy atom. The molecule has 0 unspecified atom stereocenters. The van der Waals surface area contributed by atoms with Crippen molar-refractivity contribution in [2.24, 2.45) is 0 Å². The zero-order valence-electron chi connectivity index (χ0n) is 24.8. The lowest BCUT2D eigenvalue weighted by Crippen LogP contribution is -2.59. The Bertz CT molecular complexity index is 2940. The minimum Gasteiger partial charge on any atom is -0.310 e. The lowest BCUT2D eigenvalue weighted by atomic mass is 9.34. The van der Waals surface area contributed by atoms with Gasteiger partial charge in [-0.15, -0.1) is 0 Å². The van der Waals surface area contributed by atoms with Gasteiger partial charge in [0.25, 0.3) is 6.71 Å². The number of rotatable bonds is 1. The van der Waals surface area contributed by atoms with Crippen LogP contribution in [-0.2, 0) is 0 Å². The van der Waals surface area contributed by atoms with E-state index >= 15 is 0 Å². The van der Waals surface area contributed by atoms with E-state index in [9.17, 15) is 0 Å². The van der Waals surface area contributed by atoms with Crippen LogP contribution in [0.3, 0.4) is 0 Å². The van der Waals surface area contributed by atoms with Crippen molar-refractivity contribution in [3.63, 3.8) is 0 Å². The maximum atomic E-state index is 2.57. The largest absolute Gasteiger partial charge is 0.310 e. The quantitative estimate of drug-likeness (QED) is 0.174. The number of nitrogens with zero attached hydrogens (tertiary/aromatic N) is 3. The third-order valence-corrected chi connectivity index (χ3v) is 10.8. The lowest BCUT2D eigenvalue weighted by molar-refractivity contribution is 1.16. The van der Waals surface area contributed by atoms with Gasteiger partial charge in [-0.3, -0.25) is 0 Å². The summed E-state index contributed by atoms with van der Waals surface area (Å²) in [5, 5.41) is 7.81. The van der Waals surface area contributed by atoms with E-state index in [1.807, 2.05) is 0 Å². The second-order valence-electron chi connectivity index (χ2n) is 12.9.